The smallest absolute Gasteiger partial charge is 0.249 e. The summed E-state index contributed by atoms with van der Waals surface area (Å²) in [6.07, 6.45) is 6.94. The van der Waals surface area contributed by atoms with Crippen molar-refractivity contribution in [2.24, 2.45) is 5.92 Å². The monoisotopic (exact) mass is 332 g/mol. The zero-order valence-electron chi connectivity index (χ0n) is 13.8. The quantitative estimate of drug-likeness (QED) is 0.877. The van der Waals surface area contributed by atoms with Gasteiger partial charge in [-0.2, -0.15) is 0 Å². The van der Waals surface area contributed by atoms with Crippen molar-refractivity contribution in [1.29, 1.82) is 0 Å². The summed E-state index contributed by atoms with van der Waals surface area (Å²) < 4.78 is 11.4. The Morgan fingerprint density at radius 1 is 1.25 bits per heavy atom. The van der Waals surface area contributed by atoms with Crippen molar-refractivity contribution < 1.29 is 14.3 Å². The van der Waals surface area contributed by atoms with Crippen LogP contribution in [0.1, 0.15) is 25.7 Å². The molecule has 130 valence electrons. The van der Waals surface area contributed by atoms with Crippen molar-refractivity contribution in [3.05, 3.63) is 18.5 Å². The van der Waals surface area contributed by atoms with Crippen molar-refractivity contribution in [3.63, 3.8) is 0 Å². The second-order valence-corrected chi connectivity index (χ2v) is 6.80. The molecule has 3 saturated heterocycles. The lowest BCUT2D eigenvalue weighted by atomic mass is 10.0. The Kier molecular flexibility index (Phi) is 4.62. The third-order valence-corrected chi connectivity index (χ3v) is 5.29. The molecule has 1 amide bonds. The Labute approximate surface area is 141 Å². The van der Waals surface area contributed by atoms with Crippen LogP contribution in [0.2, 0.25) is 0 Å². The molecule has 3 fully saturated rings. The van der Waals surface area contributed by atoms with Gasteiger partial charge in [0.1, 0.15) is 6.10 Å². The Hall–Kier alpha value is -1.73. The van der Waals surface area contributed by atoms with Crippen LogP contribution >= 0.6 is 0 Å². The summed E-state index contributed by atoms with van der Waals surface area (Å²) in [5.74, 6) is 1.28. The maximum absolute atomic E-state index is 12.4. The molecule has 0 aliphatic carbocycles. The molecule has 7 heteroatoms. The summed E-state index contributed by atoms with van der Waals surface area (Å²) in [5.41, 5.74) is 0. The highest BCUT2D eigenvalue weighted by Crippen LogP contribution is 2.34. The molecule has 4 heterocycles. The number of amides is 1. The van der Waals surface area contributed by atoms with E-state index in [0.29, 0.717) is 12.3 Å². The van der Waals surface area contributed by atoms with E-state index in [1.165, 1.54) is 0 Å². The molecule has 24 heavy (non-hydrogen) atoms. The molecule has 0 aromatic carbocycles. The molecule has 3 aliphatic heterocycles. The zero-order valence-corrected chi connectivity index (χ0v) is 13.8. The third kappa shape index (κ3) is 3.23. The van der Waals surface area contributed by atoms with Gasteiger partial charge >= 0.3 is 0 Å². The van der Waals surface area contributed by atoms with E-state index in [-0.39, 0.29) is 24.2 Å². The first-order valence-electron chi connectivity index (χ1n) is 8.86. The largest absolute Gasteiger partial charge is 0.381 e. The number of rotatable bonds is 4. The number of anilines is 1. The minimum absolute atomic E-state index is 0.0184. The van der Waals surface area contributed by atoms with Crippen molar-refractivity contribution in [1.82, 2.24) is 15.3 Å². The summed E-state index contributed by atoms with van der Waals surface area (Å²) in [6.45, 7) is 3.21. The minimum atomic E-state index is -0.355. The van der Waals surface area contributed by atoms with E-state index in [4.69, 9.17) is 9.47 Å². The predicted molar refractivity (Wildman–Crippen MR) is 87.6 cm³/mol. The first kappa shape index (κ1) is 15.8. The summed E-state index contributed by atoms with van der Waals surface area (Å²) in [6, 6.07) is 2.01. The molecule has 1 aromatic rings. The fraction of sp³-hybridized carbons (Fsp3) is 0.706. The van der Waals surface area contributed by atoms with Crippen LogP contribution in [0.25, 0.3) is 0 Å². The van der Waals surface area contributed by atoms with Gasteiger partial charge in [-0.3, -0.25) is 4.79 Å². The second kappa shape index (κ2) is 7.03. The number of hydrogen-bond acceptors (Lipinski definition) is 6. The lowest BCUT2D eigenvalue weighted by molar-refractivity contribution is -0.132. The number of nitrogens with one attached hydrogen (secondary N) is 1. The van der Waals surface area contributed by atoms with E-state index in [1.807, 2.05) is 6.07 Å². The Bertz CT molecular complexity index is 564. The Balaban J connectivity index is 1.32. The Morgan fingerprint density at radius 2 is 2.04 bits per heavy atom. The van der Waals surface area contributed by atoms with Crippen LogP contribution in [-0.2, 0) is 14.3 Å². The third-order valence-electron chi connectivity index (χ3n) is 5.29. The van der Waals surface area contributed by atoms with Gasteiger partial charge in [0.2, 0.25) is 11.9 Å². The molecular weight excluding hydrogens is 308 g/mol. The lowest BCUT2D eigenvalue weighted by Crippen LogP contribution is -2.39. The molecular formula is C17H24N4O3. The summed E-state index contributed by atoms with van der Waals surface area (Å²) in [4.78, 5) is 23.3. The first-order chi connectivity index (χ1) is 11.8. The van der Waals surface area contributed by atoms with Crippen LogP contribution in [0.15, 0.2) is 18.5 Å². The van der Waals surface area contributed by atoms with Crippen LogP contribution in [0.4, 0.5) is 5.95 Å². The molecule has 1 aromatic heterocycles. The maximum Gasteiger partial charge on any atom is 0.249 e. The first-order valence-corrected chi connectivity index (χ1v) is 8.86. The molecule has 1 N–H and O–H groups in total. The van der Waals surface area contributed by atoms with Crippen LogP contribution < -0.4 is 10.2 Å². The highest BCUT2D eigenvalue weighted by atomic mass is 16.5. The Morgan fingerprint density at radius 3 is 2.83 bits per heavy atom. The second-order valence-electron chi connectivity index (χ2n) is 6.80. The molecule has 0 saturated carbocycles. The zero-order chi connectivity index (χ0) is 16.4. The average Bonchev–Trinajstić information content (AvgIpc) is 3.22. The van der Waals surface area contributed by atoms with Crippen LogP contribution in [0.3, 0.4) is 0 Å². The predicted octanol–water partition coefficient (Wildman–Crippen LogP) is 0.756. The van der Waals surface area contributed by atoms with Gasteiger partial charge < -0.3 is 19.7 Å². The normalized spacial score (nSPS) is 30.3. The standard InChI is InChI=1S/C17H24N4O3/c22-16(20-11-12-3-8-23-9-4-12)15-10-13-14(24-15)2-7-21(13)17-18-5-1-6-19-17/h1,5-6,12-15H,2-4,7-11H2,(H,20,22)/t13-,14-,15+/m1/s1. The molecule has 7 nitrogen and oxygen atoms in total. The van der Waals surface area contributed by atoms with Gasteiger partial charge in [-0.25, -0.2) is 9.97 Å². The number of hydrogen-bond donors (Lipinski definition) is 1. The van der Waals surface area contributed by atoms with Gasteiger partial charge in [0.25, 0.3) is 0 Å². The van der Waals surface area contributed by atoms with E-state index in [1.54, 1.807) is 12.4 Å². The maximum atomic E-state index is 12.4. The number of nitrogens with zero attached hydrogens (tertiary/aromatic N) is 3. The van der Waals surface area contributed by atoms with Gasteiger partial charge in [0, 0.05) is 45.1 Å². The molecule has 0 radical (unpaired) electrons. The topological polar surface area (TPSA) is 76.6 Å². The molecule has 4 rings (SSSR count). The van der Waals surface area contributed by atoms with Crippen molar-refractivity contribution in [2.75, 3.05) is 31.2 Å². The van der Waals surface area contributed by atoms with E-state index in [0.717, 1.165) is 51.5 Å². The molecule has 0 bridgehead atoms. The fourth-order valence-corrected chi connectivity index (χ4v) is 3.91. The summed E-state index contributed by atoms with van der Waals surface area (Å²) in [7, 11) is 0. The van der Waals surface area contributed by atoms with E-state index in [2.05, 4.69) is 20.2 Å². The van der Waals surface area contributed by atoms with Crippen LogP contribution in [-0.4, -0.2) is 60.4 Å². The summed E-state index contributed by atoms with van der Waals surface area (Å²) in [5, 5.41) is 3.07. The minimum Gasteiger partial charge on any atom is -0.381 e. The van der Waals surface area contributed by atoms with E-state index >= 15 is 0 Å². The number of carbonyl (C=O) groups is 1. The van der Waals surface area contributed by atoms with Crippen molar-refractivity contribution in [2.45, 2.75) is 43.9 Å². The van der Waals surface area contributed by atoms with Crippen molar-refractivity contribution >= 4 is 11.9 Å². The van der Waals surface area contributed by atoms with Gasteiger partial charge in [-0.15, -0.1) is 0 Å². The fourth-order valence-electron chi connectivity index (χ4n) is 3.91. The highest BCUT2D eigenvalue weighted by molar-refractivity contribution is 5.81. The van der Waals surface area contributed by atoms with Crippen LogP contribution in [0, 0.1) is 5.92 Å². The highest BCUT2D eigenvalue weighted by Gasteiger charge is 2.46. The SMILES string of the molecule is O=C(NCC1CCOCC1)[C@@H]1C[C@@H]2[C@@H](CCN2c2ncccn2)O1. The number of ether oxygens (including phenoxy) is 2. The lowest BCUT2D eigenvalue weighted by Gasteiger charge is -2.23. The molecule has 3 atom stereocenters. The molecule has 0 spiro atoms. The van der Waals surface area contributed by atoms with Crippen LogP contribution in [0.5, 0.6) is 0 Å². The summed E-state index contributed by atoms with van der Waals surface area (Å²) >= 11 is 0. The number of aromatic nitrogens is 2. The average molecular weight is 332 g/mol. The van der Waals surface area contributed by atoms with E-state index in [9.17, 15) is 4.79 Å². The number of fused-ring (bicyclic) bond motifs is 1. The molecule has 0 unspecified atom stereocenters. The number of carbonyl (C=O) groups excluding carboxylic acids is 1. The van der Waals surface area contributed by atoms with Gasteiger partial charge in [0.15, 0.2) is 0 Å². The van der Waals surface area contributed by atoms with Gasteiger partial charge in [0.05, 0.1) is 12.1 Å². The molecule has 3 aliphatic rings. The van der Waals surface area contributed by atoms with Gasteiger partial charge in [-0.05, 0) is 31.2 Å². The van der Waals surface area contributed by atoms with E-state index < -0.39 is 0 Å². The van der Waals surface area contributed by atoms with Gasteiger partial charge in [-0.1, -0.05) is 0 Å². The van der Waals surface area contributed by atoms with Crippen molar-refractivity contribution in [3.8, 4) is 0 Å².